The van der Waals surface area contributed by atoms with Crippen LogP contribution in [-0.4, -0.2) is 20.7 Å². The van der Waals surface area contributed by atoms with E-state index in [0.717, 1.165) is 5.56 Å². The second-order valence-electron chi connectivity index (χ2n) is 5.92. The Balaban J connectivity index is 1.88. The number of hydrogen-bond acceptors (Lipinski definition) is 5. The van der Waals surface area contributed by atoms with Crippen LogP contribution in [0.4, 0.5) is 13.2 Å². The Hall–Kier alpha value is -3.04. The standard InChI is InChI=1S/C18H16ClF3N6/c19-13-3-1-11(2-4-13)8-28-9-15(26-10-28)14-7-12(5-6-25-14)16(23)17(27-24)18(20,21)22/h1-7,9-10,27H,8,23-24H2/b17-16-. The molecule has 28 heavy (non-hydrogen) atoms. The lowest BCUT2D eigenvalue weighted by Gasteiger charge is -2.14. The first-order chi connectivity index (χ1) is 13.3. The predicted octanol–water partition coefficient (Wildman–Crippen LogP) is 3.30. The third kappa shape index (κ3) is 4.44. The largest absolute Gasteiger partial charge is 0.434 e. The third-order valence-corrected chi connectivity index (χ3v) is 4.19. The second-order valence-corrected chi connectivity index (χ2v) is 6.35. The minimum absolute atomic E-state index is 0.127. The van der Waals surface area contributed by atoms with Gasteiger partial charge in [0.1, 0.15) is 5.69 Å². The van der Waals surface area contributed by atoms with Crippen molar-refractivity contribution < 1.29 is 13.2 Å². The summed E-state index contributed by atoms with van der Waals surface area (Å²) in [6.07, 6.45) is 0.00915. The van der Waals surface area contributed by atoms with Gasteiger partial charge in [-0.1, -0.05) is 23.7 Å². The number of allylic oxidation sites excluding steroid dienone is 1. The molecule has 1 aromatic carbocycles. The number of pyridine rings is 1. The molecule has 0 amide bonds. The maximum atomic E-state index is 13.0. The molecule has 2 aromatic heterocycles. The van der Waals surface area contributed by atoms with Crippen molar-refractivity contribution in [3.8, 4) is 11.4 Å². The molecule has 2 heterocycles. The minimum Gasteiger partial charge on any atom is -0.397 e. The van der Waals surface area contributed by atoms with Gasteiger partial charge in [-0.15, -0.1) is 0 Å². The molecular formula is C18H16ClF3N6. The van der Waals surface area contributed by atoms with Gasteiger partial charge in [-0.25, -0.2) is 4.98 Å². The number of hydrogen-bond donors (Lipinski definition) is 3. The lowest BCUT2D eigenvalue weighted by molar-refractivity contribution is -0.0961. The highest BCUT2D eigenvalue weighted by molar-refractivity contribution is 6.30. The predicted molar refractivity (Wildman–Crippen MR) is 100 cm³/mol. The van der Waals surface area contributed by atoms with Gasteiger partial charge in [0.2, 0.25) is 0 Å². The molecule has 3 rings (SSSR count). The van der Waals surface area contributed by atoms with Crippen molar-refractivity contribution >= 4 is 17.3 Å². The van der Waals surface area contributed by atoms with E-state index in [9.17, 15) is 13.2 Å². The monoisotopic (exact) mass is 408 g/mol. The highest BCUT2D eigenvalue weighted by Gasteiger charge is 2.36. The minimum atomic E-state index is -4.71. The summed E-state index contributed by atoms with van der Waals surface area (Å²) >= 11 is 5.88. The third-order valence-electron chi connectivity index (χ3n) is 3.94. The topological polar surface area (TPSA) is 94.8 Å². The number of imidazole rings is 1. The van der Waals surface area contributed by atoms with E-state index in [1.807, 2.05) is 16.7 Å². The SMILES string of the molecule is NN/C(=C(\N)c1ccnc(-c2cn(Cc3ccc(Cl)cc3)cn2)c1)C(F)(F)F. The Morgan fingerprint density at radius 2 is 1.82 bits per heavy atom. The van der Waals surface area contributed by atoms with Crippen LogP contribution in [0.5, 0.6) is 0 Å². The summed E-state index contributed by atoms with van der Waals surface area (Å²) in [5.41, 5.74) is 7.55. The first-order valence-corrected chi connectivity index (χ1v) is 8.42. The average Bonchev–Trinajstić information content (AvgIpc) is 3.11. The average molecular weight is 409 g/mol. The fourth-order valence-corrected chi connectivity index (χ4v) is 2.70. The maximum absolute atomic E-state index is 13.0. The van der Waals surface area contributed by atoms with Gasteiger partial charge in [0.25, 0.3) is 0 Å². The number of benzene rings is 1. The molecule has 0 bridgehead atoms. The van der Waals surface area contributed by atoms with Crippen LogP contribution in [0.1, 0.15) is 11.1 Å². The summed E-state index contributed by atoms with van der Waals surface area (Å²) in [7, 11) is 0. The fraction of sp³-hybridized carbons (Fsp3) is 0.111. The van der Waals surface area contributed by atoms with E-state index >= 15 is 0 Å². The Morgan fingerprint density at radius 1 is 1.11 bits per heavy atom. The molecule has 0 spiro atoms. The normalized spacial score (nSPS) is 12.6. The van der Waals surface area contributed by atoms with E-state index in [1.54, 1.807) is 30.1 Å². The van der Waals surface area contributed by atoms with Gasteiger partial charge < -0.3 is 15.7 Å². The molecule has 0 aliphatic rings. The Bertz CT molecular complexity index is 995. The zero-order chi connectivity index (χ0) is 20.3. The molecule has 0 aliphatic heterocycles. The van der Waals surface area contributed by atoms with Crippen molar-refractivity contribution in [2.75, 3.05) is 0 Å². The van der Waals surface area contributed by atoms with Crippen LogP contribution in [0, 0.1) is 0 Å². The highest BCUT2D eigenvalue weighted by Crippen LogP contribution is 2.28. The van der Waals surface area contributed by atoms with Gasteiger partial charge in [0.05, 0.1) is 17.7 Å². The van der Waals surface area contributed by atoms with Crippen LogP contribution >= 0.6 is 11.6 Å². The van der Waals surface area contributed by atoms with Crippen molar-refractivity contribution in [1.29, 1.82) is 0 Å². The number of rotatable bonds is 5. The highest BCUT2D eigenvalue weighted by atomic mass is 35.5. The lowest BCUT2D eigenvalue weighted by atomic mass is 10.1. The number of nitrogens with two attached hydrogens (primary N) is 2. The van der Waals surface area contributed by atoms with Crippen LogP contribution in [0.2, 0.25) is 5.02 Å². The van der Waals surface area contributed by atoms with Crippen molar-refractivity contribution in [1.82, 2.24) is 20.0 Å². The van der Waals surface area contributed by atoms with Crippen molar-refractivity contribution in [2.45, 2.75) is 12.7 Å². The van der Waals surface area contributed by atoms with E-state index < -0.39 is 17.6 Å². The number of hydrazine groups is 1. The zero-order valence-corrected chi connectivity index (χ0v) is 15.2. The second kappa shape index (κ2) is 7.91. The summed E-state index contributed by atoms with van der Waals surface area (Å²) in [5.74, 6) is 4.98. The summed E-state index contributed by atoms with van der Waals surface area (Å²) in [5, 5.41) is 0.645. The number of aromatic nitrogens is 3. The molecule has 6 nitrogen and oxygen atoms in total. The Kier molecular flexibility index (Phi) is 5.57. The number of nitrogens with zero attached hydrogens (tertiary/aromatic N) is 3. The molecular weight excluding hydrogens is 393 g/mol. The van der Waals surface area contributed by atoms with Crippen LogP contribution < -0.4 is 17.0 Å². The molecule has 5 N–H and O–H groups in total. The molecule has 0 unspecified atom stereocenters. The fourth-order valence-electron chi connectivity index (χ4n) is 2.57. The van der Waals surface area contributed by atoms with Gasteiger partial charge in [-0.3, -0.25) is 10.8 Å². The zero-order valence-electron chi connectivity index (χ0n) is 14.4. The van der Waals surface area contributed by atoms with Crippen molar-refractivity contribution in [2.24, 2.45) is 11.6 Å². The number of alkyl halides is 3. The molecule has 0 saturated heterocycles. The molecule has 0 atom stereocenters. The Labute approximate surface area is 163 Å². The van der Waals surface area contributed by atoms with Crippen molar-refractivity contribution in [3.05, 3.63) is 77.0 Å². The smallest absolute Gasteiger partial charge is 0.397 e. The van der Waals surface area contributed by atoms with Gasteiger partial charge >= 0.3 is 6.18 Å². The first kappa shape index (κ1) is 19.7. The lowest BCUT2D eigenvalue weighted by Crippen LogP contribution is -2.34. The van der Waals surface area contributed by atoms with E-state index in [-0.39, 0.29) is 5.56 Å². The molecule has 0 fully saturated rings. The van der Waals surface area contributed by atoms with Gasteiger partial charge in [-0.05, 0) is 29.8 Å². The quantitative estimate of drug-likeness (QED) is 0.445. The van der Waals surface area contributed by atoms with Crippen LogP contribution in [0.3, 0.4) is 0 Å². The van der Waals surface area contributed by atoms with Crippen LogP contribution in [0.25, 0.3) is 17.1 Å². The molecule has 0 aliphatic carbocycles. The molecule has 10 heteroatoms. The summed E-state index contributed by atoms with van der Waals surface area (Å²) in [4.78, 5) is 8.44. The number of nitrogens with one attached hydrogen (secondary N) is 1. The van der Waals surface area contributed by atoms with Gasteiger partial charge in [-0.2, -0.15) is 13.2 Å². The molecule has 146 valence electrons. The van der Waals surface area contributed by atoms with E-state index in [2.05, 4.69) is 9.97 Å². The Morgan fingerprint density at radius 3 is 2.46 bits per heavy atom. The number of halogens is 4. The summed E-state index contributed by atoms with van der Waals surface area (Å²) < 4.78 is 40.8. The van der Waals surface area contributed by atoms with Gasteiger partial charge in [0, 0.05) is 29.5 Å². The van der Waals surface area contributed by atoms with Gasteiger partial charge in [0.15, 0.2) is 5.70 Å². The van der Waals surface area contributed by atoms with Crippen LogP contribution in [-0.2, 0) is 6.54 Å². The summed E-state index contributed by atoms with van der Waals surface area (Å²) in [6.45, 7) is 0.557. The van der Waals surface area contributed by atoms with Crippen molar-refractivity contribution in [3.63, 3.8) is 0 Å². The van der Waals surface area contributed by atoms with E-state index in [1.165, 1.54) is 18.3 Å². The van der Waals surface area contributed by atoms with E-state index in [4.69, 9.17) is 23.2 Å². The molecule has 3 aromatic rings. The van der Waals surface area contributed by atoms with Crippen LogP contribution in [0.15, 0.2) is 60.8 Å². The first-order valence-electron chi connectivity index (χ1n) is 8.04. The van der Waals surface area contributed by atoms with E-state index in [0.29, 0.717) is 23.0 Å². The summed E-state index contributed by atoms with van der Waals surface area (Å²) in [6, 6.07) is 10.2. The molecule has 0 saturated carbocycles. The maximum Gasteiger partial charge on any atom is 0.434 e. The molecule has 0 radical (unpaired) electrons.